The van der Waals surface area contributed by atoms with Gasteiger partial charge in [-0.1, -0.05) is 13.8 Å². The van der Waals surface area contributed by atoms with E-state index >= 15 is 0 Å². The molecule has 0 bridgehead atoms. The third-order valence-electron chi connectivity index (χ3n) is 3.37. The number of aryl methyl sites for hydroxylation is 2. The summed E-state index contributed by atoms with van der Waals surface area (Å²) in [5.41, 5.74) is 3.43. The minimum Gasteiger partial charge on any atom is -0.496 e. The molecule has 1 heterocycles. The number of hydrogen-bond acceptors (Lipinski definition) is 4. The van der Waals surface area contributed by atoms with Crippen LogP contribution in [0.4, 0.5) is 0 Å². The van der Waals surface area contributed by atoms with Crippen LogP contribution in [0.5, 0.6) is 5.75 Å². The van der Waals surface area contributed by atoms with E-state index in [0.717, 1.165) is 40.7 Å². The first-order chi connectivity index (χ1) is 10.0. The topological polar surface area (TPSA) is 34.1 Å². The summed E-state index contributed by atoms with van der Waals surface area (Å²) in [5.74, 6) is 1.59. The van der Waals surface area contributed by atoms with Crippen LogP contribution < -0.4 is 10.1 Å². The molecule has 0 unspecified atom stereocenters. The molecule has 1 aromatic carbocycles. The summed E-state index contributed by atoms with van der Waals surface area (Å²) in [5, 5.41) is 4.57. The lowest BCUT2D eigenvalue weighted by Gasteiger charge is -2.06. The molecule has 2 rings (SSSR count). The molecular weight excluding hydrogens is 280 g/mol. The van der Waals surface area contributed by atoms with Crippen molar-refractivity contribution in [1.82, 2.24) is 10.3 Å². The number of thiazole rings is 1. The number of aromatic nitrogens is 1. The first-order valence-corrected chi connectivity index (χ1v) is 8.15. The molecule has 0 atom stereocenters. The predicted octanol–water partition coefficient (Wildman–Crippen LogP) is 4.18. The van der Waals surface area contributed by atoms with Crippen molar-refractivity contribution in [2.45, 2.75) is 34.2 Å². The monoisotopic (exact) mass is 304 g/mol. The van der Waals surface area contributed by atoms with Gasteiger partial charge in [0.05, 0.1) is 12.8 Å². The summed E-state index contributed by atoms with van der Waals surface area (Å²) < 4.78 is 5.31. The quantitative estimate of drug-likeness (QED) is 0.869. The maximum atomic E-state index is 5.31. The molecule has 2 aromatic rings. The van der Waals surface area contributed by atoms with E-state index in [-0.39, 0.29) is 0 Å². The van der Waals surface area contributed by atoms with Crippen molar-refractivity contribution in [3.05, 3.63) is 34.3 Å². The molecule has 1 aromatic heterocycles. The van der Waals surface area contributed by atoms with Gasteiger partial charge in [-0.2, -0.15) is 0 Å². The van der Waals surface area contributed by atoms with Crippen molar-refractivity contribution < 1.29 is 4.74 Å². The number of nitrogens with one attached hydrogen (secondary N) is 1. The van der Waals surface area contributed by atoms with E-state index in [0.29, 0.717) is 5.92 Å². The SMILES string of the molecule is COc1ccc(-c2nc(C)c(CNCC(C)C)s2)cc1C. The highest BCUT2D eigenvalue weighted by Gasteiger charge is 2.10. The Morgan fingerprint density at radius 1 is 1.29 bits per heavy atom. The Labute approximate surface area is 131 Å². The van der Waals surface area contributed by atoms with Crippen molar-refractivity contribution in [2.24, 2.45) is 5.92 Å². The van der Waals surface area contributed by atoms with Gasteiger partial charge in [-0.25, -0.2) is 4.98 Å². The van der Waals surface area contributed by atoms with Crippen molar-refractivity contribution in [3.63, 3.8) is 0 Å². The van der Waals surface area contributed by atoms with Gasteiger partial charge in [0.25, 0.3) is 0 Å². The maximum absolute atomic E-state index is 5.31. The zero-order chi connectivity index (χ0) is 15.4. The second-order valence-corrected chi connectivity index (χ2v) is 6.82. The molecule has 0 fully saturated rings. The van der Waals surface area contributed by atoms with Gasteiger partial charge < -0.3 is 10.1 Å². The van der Waals surface area contributed by atoms with Gasteiger partial charge in [-0.3, -0.25) is 0 Å². The third-order valence-corrected chi connectivity index (χ3v) is 4.58. The average molecular weight is 304 g/mol. The lowest BCUT2D eigenvalue weighted by molar-refractivity contribution is 0.412. The Bertz CT molecular complexity index is 605. The van der Waals surface area contributed by atoms with Crippen molar-refractivity contribution >= 4 is 11.3 Å². The van der Waals surface area contributed by atoms with E-state index in [2.05, 4.69) is 45.1 Å². The summed E-state index contributed by atoms with van der Waals surface area (Å²) in [6.07, 6.45) is 0. The van der Waals surface area contributed by atoms with E-state index in [1.807, 2.05) is 6.07 Å². The second-order valence-electron chi connectivity index (χ2n) is 5.74. The van der Waals surface area contributed by atoms with Crippen LogP contribution >= 0.6 is 11.3 Å². The zero-order valence-corrected chi connectivity index (χ0v) is 14.3. The molecule has 0 aliphatic heterocycles. The Hall–Kier alpha value is -1.39. The highest BCUT2D eigenvalue weighted by molar-refractivity contribution is 7.15. The van der Waals surface area contributed by atoms with Gasteiger partial charge in [0, 0.05) is 17.0 Å². The van der Waals surface area contributed by atoms with Gasteiger partial charge in [-0.15, -0.1) is 11.3 Å². The van der Waals surface area contributed by atoms with E-state index in [4.69, 9.17) is 9.72 Å². The number of nitrogens with zero attached hydrogens (tertiary/aromatic N) is 1. The molecule has 0 saturated heterocycles. The van der Waals surface area contributed by atoms with Crippen LogP contribution in [0.1, 0.15) is 30.0 Å². The van der Waals surface area contributed by atoms with Crippen LogP contribution in [0, 0.1) is 19.8 Å². The average Bonchev–Trinajstić information content (AvgIpc) is 2.80. The summed E-state index contributed by atoms with van der Waals surface area (Å²) in [7, 11) is 1.70. The Kier molecular flexibility index (Phi) is 5.37. The third kappa shape index (κ3) is 4.05. The van der Waals surface area contributed by atoms with Gasteiger partial charge in [-0.05, 0) is 50.1 Å². The van der Waals surface area contributed by atoms with E-state index in [1.165, 1.54) is 4.88 Å². The van der Waals surface area contributed by atoms with Crippen molar-refractivity contribution in [1.29, 1.82) is 0 Å². The number of benzene rings is 1. The predicted molar refractivity (Wildman–Crippen MR) is 90.1 cm³/mol. The largest absolute Gasteiger partial charge is 0.496 e. The second kappa shape index (κ2) is 7.05. The number of methoxy groups -OCH3 is 1. The maximum Gasteiger partial charge on any atom is 0.123 e. The standard InChI is InChI=1S/C17H24N2OS/c1-11(2)9-18-10-16-13(4)19-17(21-16)14-6-7-15(20-5)12(3)8-14/h6-8,11,18H,9-10H2,1-5H3. The van der Waals surface area contributed by atoms with Crippen molar-refractivity contribution in [3.8, 4) is 16.3 Å². The molecular formula is C17H24N2OS. The van der Waals surface area contributed by atoms with E-state index in [9.17, 15) is 0 Å². The highest BCUT2D eigenvalue weighted by atomic mass is 32.1. The molecule has 21 heavy (non-hydrogen) atoms. The van der Waals surface area contributed by atoms with E-state index in [1.54, 1.807) is 18.4 Å². The van der Waals surface area contributed by atoms with Crippen LogP contribution in [0.2, 0.25) is 0 Å². The van der Waals surface area contributed by atoms with Crippen LogP contribution in [0.25, 0.3) is 10.6 Å². The molecule has 0 aliphatic rings. The van der Waals surface area contributed by atoms with E-state index < -0.39 is 0 Å². The van der Waals surface area contributed by atoms with Crippen molar-refractivity contribution in [2.75, 3.05) is 13.7 Å². The Morgan fingerprint density at radius 3 is 2.67 bits per heavy atom. The molecule has 3 nitrogen and oxygen atoms in total. The molecule has 0 aliphatic carbocycles. The normalized spacial score (nSPS) is 11.1. The Morgan fingerprint density at radius 2 is 2.05 bits per heavy atom. The van der Waals surface area contributed by atoms with Crippen LogP contribution in [-0.4, -0.2) is 18.6 Å². The number of rotatable bonds is 6. The summed E-state index contributed by atoms with van der Waals surface area (Å²) >= 11 is 1.77. The fraction of sp³-hybridized carbons (Fsp3) is 0.471. The van der Waals surface area contributed by atoms with Crippen LogP contribution in [0.3, 0.4) is 0 Å². The van der Waals surface area contributed by atoms with Gasteiger partial charge in [0.2, 0.25) is 0 Å². The lowest BCUT2D eigenvalue weighted by Crippen LogP contribution is -2.18. The number of hydrogen-bond donors (Lipinski definition) is 1. The number of ether oxygens (including phenoxy) is 1. The van der Waals surface area contributed by atoms with Gasteiger partial charge in [0.1, 0.15) is 10.8 Å². The fourth-order valence-corrected chi connectivity index (χ4v) is 3.23. The van der Waals surface area contributed by atoms with Crippen LogP contribution in [-0.2, 0) is 6.54 Å². The first-order valence-electron chi connectivity index (χ1n) is 7.33. The molecule has 0 radical (unpaired) electrons. The lowest BCUT2D eigenvalue weighted by atomic mass is 10.1. The molecule has 0 spiro atoms. The van der Waals surface area contributed by atoms with Gasteiger partial charge >= 0.3 is 0 Å². The molecule has 1 N–H and O–H groups in total. The summed E-state index contributed by atoms with van der Waals surface area (Å²) in [6, 6.07) is 6.23. The molecule has 114 valence electrons. The van der Waals surface area contributed by atoms with Crippen LogP contribution in [0.15, 0.2) is 18.2 Å². The Balaban J connectivity index is 2.16. The highest BCUT2D eigenvalue weighted by Crippen LogP contribution is 2.30. The smallest absolute Gasteiger partial charge is 0.123 e. The zero-order valence-electron chi connectivity index (χ0n) is 13.5. The molecule has 0 amide bonds. The molecule has 4 heteroatoms. The minimum absolute atomic E-state index is 0.668. The van der Waals surface area contributed by atoms with Gasteiger partial charge in [0.15, 0.2) is 0 Å². The summed E-state index contributed by atoms with van der Waals surface area (Å²) in [4.78, 5) is 6.03. The minimum atomic E-state index is 0.668. The molecule has 0 saturated carbocycles. The summed E-state index contributed by atoms with van der Waals surface area (Å²) in [6.45, 7) is 10.5. The fourth-order valence-electron chi connectivity index (χ4n) is 2.20. The first kappa shape index (κ1) is 16.0.